The molecule has 1 aromatic heterocycles. The number of hydrogen-bond donors (Lipinski definition) is 1. The lowest BCUT2D eigenvalue weighted by molar-refractivity contribution is 0.0705. The lowest BCUT2D eigenvalue weighted by atomic mass is 10.0. The van der Waals surface area contributed by atoms with E-state index in [4.69, 9.17) is 0 Å². The smallest absolute Gasteiger partial charge is 0.254 e. The molecule has 0 fully saturated rings. The molecule has 1 unspecified atom stereocenters. The number of amides is 1. The molecule has 0 radical (unpaired) electrons. The zero-order valence-corrected chi connectivity index (χ0v) is 14.5. The van der Waals surface area contributed by atoms with Crippen molar-refractivity contribution in [3.63, 3.8) is 0 Å². The van der Waals surface area contributed by atoms with Crippen molar-refractivity contribution in [1.82, 2.24) is 9.88 Å². The van der Waals surface area contributed by atoms with Crippen LogP contribution in [0.1, 0.15) is 34.1 Å². The van der Waals surface area contributed by atoms with Gasteiger partial charge in [0.15, 0.2) is 0 Å². The molecule has 128 valence electrons. The van der Waals surface area contributed by atoms with Crippen LogP contribution in [0.5, 0.6) is 0 Å². The van der Waals surface area contributed by atoms with Gasteiger partial charge in [-0.25, -0.2) is 0 Å². The average Bonchev–Trinajstić information content (AvgIpc) is 2.65. The summed E-state index contributed by atoms with van der Waals surface area (Å²) in [5.74, 6) is -0.0650. The second-order valence-corrected chi connectivity index (χ2v) is 6.21. The highest BCUT2D eigenvalue weighted by Gasteiger charge is 2.22. The molecule has 0 spiro atoms. The third-order valence-electron chi connectivity index (χ3n) is 4.45. The lowest BCUT2D eigenvalue weighted by Gasteiger charge is -2.28. The summed E-state index contributed by atoms with van der Waals surface area (Å²) in [7, 11) is 1.78. The summed E-state index contributed by atoms with van der Waals surface area (Å²) >= 11 is 0. The fourth-order valence-electron chi connectivity index (χ4n) is 3.09. The van der Waals surface area contributed by atoms with E-state index in [1.807, 2.05) is 67.6 Å². The summed E-state index contributed by atoms with van der Waals surface area (Å²) in [5.41, 5.74) is 3.48. The third-order valence-corrected chi connectivity index (χ3v) is 4.45. The fourth-order valence-corrected chi connectivity index (χ4v) is 3.09. The van der Waals surface area contributed by atoms with E-state index in [2.05, 4.69) is 4.98 Å². The van der Waals surface area contributed by atoms with Crippen molar-refractivity contribution in [2.75, 3.05) is 13.7 Å². The van der Waals surface area contributed by atoms with Crippen LogP contribution in [0.2, 0.25) is 0 Å². The number of aryl methyl sites for hydroxylation is 1. The number of nitrogens with zero attached hydrogens (tertiary/aromatic N) is 2. The van der Waals surface area contributed by atoms with Crippen molar-refractivity contribution >= 4 is 16.8 Å². The van der Waals surface area contributed by atoms with Gasteiger partial charge in [0.25, 0.3) is 5.91 Å². The maximum absolute atomic E-state index is 13.0. The Morgan fingerprint density at radius 3 is 2.60 bits per heavy atom. The molecule has 1 heterocycles. The largest absolute Gasteiger partial charge is 0.396 e. The first-order valence-corrected chi connectivity index (χ1v) is 8.40. The number of aliphatic hydroxyl groups excluding tert-OH is 1. The van der Waals surface area contributed by atoms with Crippen LogP contribution < -0.4 is 0 Å². The molecular formula is C21H22N2O2. The highest BCUT2D eigenvalue weighted by atomic mass is 16.3. The summed E-state index contributed by atoms with van der Waals surface area (Å²) < 4.78 is 0. The van der Waals surface area contributed by atoms with Crippen molar-refractivity contribution in [3.05, 3.63) is 77.5 Å². The Balaban J connectivity index is 1.91. The molecule has 1 atom stereocenters. The van der Waals surface area contributed by atoms with Crippen LogP contribution in [-0.2, 0) is 0 Å². The Kier molecular flexibility index (Phi) is 5.10. The van der Waals surface area contributed by atoms with E-state index in [9.17, 15) is 9.90 Å². The van der Waals surface area contributed by atoms with Crippen molar-refractivity contribution < 1.29 is 9.90 Å². The van der Waals surface area contributed by atoms with Gasteiger partial charge in [-0.3, -0.25) is 9.78 Å². The predicted octanol–water partition coefficient (Wildman–Crippen LogP) is 3.74. The molecule has 0 aliphatic carbocycles. The minimum Gasteiger partial charge on any atom is -0.396 e. The number of carbonyl (C=O) groups excluding carboxylic acids is 1. The second kappa shape index (κ2) is 7.45. The van der Waals surface area contributed by atoms with Crippen LogP contribution >= 0.6 is 0 Å². The zero-order chi connectivity index (χ0) is 17.8. The van der Waals surface area contributed by atoms with Gasteiger partial charge >= 0.3 is 0 Å². The molecule has 4 heteroatoms. The quantitative estimate of drug-likeness (QED) is 0.773. The van der Waals surface area contributed by atoms with Crippen molar-refractivity contribution in [3.8, 4) is 0 Å². The summed E-state index contributed by atoms with van der Waals surface area (Å²) in [6, 6.07) is 19.1. The molecule has 2 aromatic carbocycles. The number of hydrogen-bond acceptors (Lipinski definition) is 3. The molecule has 1 N–H and O–H groups in total. The van der Waals surface area contributed by atoms with E-state index in [1.54, 1.807) is 11.9 Å². The van der Waals surface area contributed by atoms with Gasteiger partial charge < -0.3 is 10.0 Å². The summed E-state index contributed by atoms with van der Waals surface area (Å²) in [4.78, 5) is 19.1. The summed E-state index contributed by atoms with van der Waals surface area (Å²) in [6.45, 7) is 1.98. The predicted molar refractivity (Wildman–Crippen MR) is 99.5 cm³/mol. The summed E-state index contributed by atoms with van der Waals surface area (Å²) in [6.07, 6.45) is 0.501. The van der Waals surface area contributed by atoms with E-state index in [-0.39, 0.29) is 18.6 Å². The zero-order valence-electron chi connectivity index (χ0n) is 14.5. The number of rotatable bonds is 5. The first-order chi connectivity index (χ1) is 12.1. The van der Waals surface area contributed by atoms with Crippen LogP contribution in [-0.4, -0.2) is 34.6 Å². The van der Waals surface area contributed by atoms with Gasteiger partial charge in [0.05, 0.1) is 11.6 Å². The molecule has 4 nitrogen and oxygen atoms in total. The maximum Gasteiger partial charge on any atom is 0.254 e. The standard InChI is InChI=1S/C21H22N2O2/c1-15-8-9-17-14-18(10-11-19(17)22-15)21(25)23(2)20(12-13-24)16-6-4-3-5-7-16/h3-11,14,20,24H,12-13H2,1-2H3. The van der Waals surface area contributed by atoms with E-state index in [0.29, 0.717) is 12.0 Å². The van der Waals surface area contributed by atoms with Gasteiger partial charge in [-0.05, 0) is 43.2 Å². The Morgan fingerprint density at radius 1 is 1.12 bits per heavy atom. The highest BCUT2D eigenvalue weighted by Crippen LogP contribution is 2.25. The molecule has 1 amide bonds. The Hall–Kier alpha value is -2.72. The minimum atomic E-state index is -0.162. The number of carbonyl (C=O) groups is 1. The molecule has 3 rings (SSSR count). The van der Waals surface area contributed by atoms with Crippen LogP contribution in [0, 0.1) is 6.92 Å². The number of fused-ring (bicyclic) bond motifs is 1. The maximum atomic E-state index is 13.0. The minimum absolute atomic E-state index is 0.0259. The number of aliphatic hydroxyl groups is 1. The molecule has 0 aliphatic rings. The topological polar surface area (TPSA) is 53.4 Å². The van der Waals surface area contributed by atoms with Crippen molar-refractivity contribution in [2.45, 2.75) is 19.4 Å². The molecule has 0 saturated carbocycles. The van der Waals surface area contributed by atoms with Crippen molar-refractivity contribution in [2.24, 2.45) is 0 Å². The van der Waals surface area contributed by atoms with E-state index in [0.717, 1.165) is 22.2 Å². The van der Waals surface area contributed by atoms with Crippen LogP contribution in [0.4, 0.5) is 0 Å². The SMILES string of the molecule is Cc1ccc2cc(C(=O)N(C)C(CCO)c3ccccc3)ccc2n1. The second-order valence-electron chi connectivity index (χ2n) is 6.21. The third kappa shape index (κ3) is 3.69. The van der Waals surface area contributed by atoms with E-state index < -0.39 is 0 Å². The van der Waals surface area contributed by atoms with Crippen molar-refractivity contribution in [1.29, 1.82) is 0 Å². The number of pyridine rings is 1. The number of aromatic nitrogens is 1. The summed E-state index contributed by atoms with van der Waals surface area (Å²) in [5, 5.41) is 10.4. The van der Waals surface area contributed by atoms with Gasteiger partial charge in [0.2, 0.25) is 0 Å². The first-order valence-electron chi connectivity index (χ1n) is 8.40. The molecule has 0 saturated heterocycles. The molecule has 0 aliphatic heterocycles. The fraction of sp³-hybridized carbons (Fsp3) is 0.238. The Labute approximate surface area is 147 Å². The van der Waals surface area contributed by atoms with Crippen LogP contribution in [0.15, 0.2) is 60.7 Å². The van der Waals surface area contributed by atoms with Gasteiger partial charge in [-0.1, -0.05) is 36.4 Å². The molecule has 25 heavy (non-hydrogen) atoms. The van der Waals surface area contributed by atoms with Gasteiger partial charge in [0.1, 0.15) is 0 Å². The van der Waals surface area contributed by atoms with Crippen LogP contribution in [0.25, 0.3) is 10.9 Å². The molecule has 3 aromatic rings. The van der Waals surface area contributed by atoms with Gasteiger partial charge in [-0.15, -0.1) is 0 Å². The van der Waals surface area contributed by atoms with Gasteiger partial charge in [-0.2, -0.15) is 0 Å². The average molecular weight is 334 g/mol. The van der Waals surface area contributed by atoms with E-state index in [1.165, 1.54) is 0 Å². The van der Waals surface area contributed by atoms with Gasteiger partial charge in [0, 0.05) is 30.3 Å². The Morgan fingerprint density at radius 2 is 1.88 bits per heavy atom. The first kappa shape index (κ1) is 17.1. The van der Waals surface area contributed by atoms with E-state index >= 15 is 0 Å². The normalized spacial score (nSPS) is 12.1. The molecule has 0 bridgehead atoms. The molecular weight excluding hydrogens is 312 g/mol. The lowest BCUT2D eigenvalue weighted by Crippen LogP contribution is -2.31. The number of benzene rings is 2. The van der Waals surface area contributed by atoms with Crippen LogP contribution in [0.3, 0.4) is 0 Å². The monoisotopic (exact) mass is 334 g/mol. The highest BCUT2D eigenvalue weighted by molar-refractivity contribution is 5.98. The Bertz CT molecular complexity index is 877.